The molecule has 7 heteroatoms. The average molecular weight is 469 g/mol. The van der Waals surface area contributed by atoms with Crippen molar-refractivity contribution < 1.29 is 18.8 Å². The van der Waals surface area contributed by atoms with Gasteiger partial charge in [-0.2, -0.15) is 0 Å². The second-order valence-corrected chi connectivity index (χ2v) is 8.86. The van der Waals surface area contributed by atoms with Gasteiger partial charge < -0.3 is 4.42 Å². The quantitative estimate of drug-likeness (QED) is 0.295. The molecule has 34 heavy (non-hydrogen) atoms. The van der Waals surface area contributed by atoms with Crippen LogP contribution in [0.15, 0.2) is 105 Å². The maximum Gasteiger partial charge on any atom is 0.331 e. The maximum atomic E-state index is 13.1. The van der Waals surface area contributed by atoms with Crippen LogP contribution in [0.4, 0.5) is 4.79 Å². The zero-order chi connectivity index (χ0) is 23.7. The lowest BCUT2D eigenvalue weighted by Gasteiger charge is -2.31. The van der Waals surface area contributed by atoms with E-state index < -0.39 is 23.9 Å². The summed E-state index contributed by atoms with van der Waals surface area (Å²) >= 11 is 1.46. The minimum absolute atomic E-state index is 0.154. The van der Waals surface area contributed by atoms with E-state index in [9.17, 15) is 14.4 Å². The lowest BCUT2D eigenvalue weighted by Crippen LogP contribution is -2.54. The highest BCUT2D eigenvalue weighted by atomic mass is 32.2. The molecule has 5 rings (SSSR count). The van der Waals surface area contributed by atoms with Gasteiger partial charge in [0.15, 0.2) is 5.09 Å². The fourth-order valence-corrected chi connectivity index (χ4v) is 4.84. The van der Waals surface area contributed by atoms with Crippen LogP contribution in [-0.2, 0) is 9.59 Å². The molecule has 6 nitrogen and oxygen atoms in total. The SMILES string of the molecule is CC(c1ccccc1)N1C(=O)NC(=O)/C(=C/c2ccc(Sc3cccc4ccccc34)o2)C1=O. The van der Waals surface area contributed by atoms with Gasteiger partial charge in [0.1, 0.15) is 11.3 Å². The molecule has 0 radical (unpaired) electrons. The summed E-state index contributed by atoms with van der Waals surface area (Å²) in [6.45, 7) is 1.74. The number of benzene rings is 3. The monoisotopic (exact) mass is 468 g/mol. The van der Waals surface area contributed by atoms with Crippen molar-refractivity contribution in [2.45, 2.75) is 23.0 Å². The molecule has 1 aromatic heterocycles. The first-order valence-corrected chi connectivity index (χ1v) is 11.5. The number of hydrogen-bond donors (Lipinski definition) is 1. The molecular weight excluding hydrogens is 448 g/mol. The molecule has 0 spiro atoms. The Balaban J connectivity index is 1.41. The molecule has 1 unspecified atom stereocenters. The highest BCUT2D eigenvalue weighted by Gasteiger charge is 2.39. The highest BCUT2D eigenvalue weighted by Crippen LogP contribution is 2.35. The van der Waals surface area contributed by atoms with Gasteiger partial charge in [-0.3, -0.25) is 19.8 Å². The van der Waals surface area contributed by atoms with Gasteiger partial charge in [0.25, 0.3) is 11.8 Å². The molecule has 4 aromatic rings. The van der Waals surface area contributed by atoms with Crippen LogP contribution in [0.5, 0.6) is 0 Å². The van der Waals surface area contributed by atoms with Crippen molar-refractivity contribution in [3.8, 4) is 0 Å². The lowest BCUT2D eigenvalue weighted by atomic mass is 10.0. The van der Waals surface area contributed by atoms with Crippen LogP contribution < -0.4 is 5.32 Å². The first-order chi connectivity index (χ1) is 16.5. The normalized spacial score (nSPS) is 16.2. The van der Waals surface area contributed by atoms with Crippen LogP contribution in [-0.4, -0.2) is 22.7 Å². The van der Waals surface area contributed by atoms with E-state index in [0.717, 1.165) is 26.1 Å². The van der Waals surface area contributed by atoms with Gasteiger partial charge in [-0.15, -0.1) is 0 Å². The van der Waals surface area contributed by atoms with Gasteiger partial charge in [-0.1, -0.05) is 78.5 Å². The molecule has 1 aliphatic rings. The summed E-state index contributed by atoms with van der Waals surface area (Å²) < 4.78 is 5.89. The molecule has 2 heterocycles. The third-order valence-corrected chi connectivity index (χ3v) is 6.65. The number of urea groups is 1. The summed E-state index contributed by atoms with van der Waals surface area (Å²) in [5, 5.41) is 5.12. The maximum absolute atomic E-state index is 13.1. The number of carbonyl (C=O) groups is 3. The molecule has 1 saturated heterocycles. The number of hydrogen-bond acceptors (Lipinski definition) is 5. The minimum atomic E-state index is -0.744. The van der Waals surface area contributed by atoms with E-state index in [1.54, 1.807) is 19.1 Å². The van der Waals surface area contributed by atoms with Gasteiger partial charge >= 0.3 is 6.03 Å². The van der Waals surface area contributed by atoms with Crippen molar-refractivity contribution in [3.63, 3.8) is 0 Å². The van der Waals surface area contributed by atoms with E-state index in [1.807, 2.05) is 72.8 Å². The molecule has 0 saturated carbocycles. The summed E-state index contributed by atoms with van der Waals surface area (Å²) in [6, 6.07) is 25.5. The number of nitrogens with one attached hydrogen (secondary N) is 1. The van der Waals surface area contributed by atoms with Crippen LogP contribution in [0.2, 0.25) is 0 Å². The predicted octanol–water partition coefficient (Wildman–Crippen LogP) is 5.81. The van der Waals surface area contributed by atoms with Crippen LogP contribution in [0.1, 0.15) is 24.3 Å². The Labute approximate surface area is 200 Å². The predicted molar refractivity (Wildman–Crippen MR) is 130 cm³/mol. The first-order valence-electron chi connectivity index (χ1n) is 10.7. The van der Waals surface area contributed by atoms with Gasteiger partial charge in [0.2, 0.25) is 0 Å². The number of imide groups is 2. The Morgan fingerprint density at radius 3 is 2.44 bits per heavy atom. The Morgan fingerprint density at radius 1 is 0.882 bits per heavy atom. The Hall–Kier alpha value is -4.10. The summed E-state index contributed by atoms with van der Waals surface area (Å²) in [5.41, 5.74) is 0.630. The van der Waals surface area contributed by atoms with Gasteiger partial charge in [0, 0.05) is 4.90 Å². The average Bonchev–Trinajstić information content (AvgIpc) is 3.29. The van der Waals surface area contributed by atoms with E-state index in [4.69, 9.17) is 4.42 Å². The molecule has 1 aliphatic heterocycles. The van der Waals surface area contributed by atoms with Gasteiger partial charge in [-0.05, 0) is 47.5 Å². The topological polar surface area (TPSA) is 79.6 Å². The zero-order valence-corrected chi connectivity index (χ0v) is 19.0. The van der Waals surface area contributed by atoms with Crippen LogP contribution >= 0.6 is 11.8 Å². The van der Waals surface area contributed by atoms with Crippen molar-refractivity contribution >= 4 is 46.5 Å². The smallest absolute Gasteiger partial charge is 0.331 e. The van der Waals surface area contributed by atoms with E-state index in [2.05, 4.69) is 5.32 Å². The summed E-state index contributed by atoms with van der Waals surface area (Å²) in [4.78, 5) is 40.2. The summed E-state index contributed by atoms with van der Waals surface area (Å²) in [6.07, 6.45) is 1.38. The third-order valence-electron chi connectivity index (χ3n) is 5.65. The molecule has 0 aliphatic carbocycles. The van der Waals surface area contributed by atoms with E-state index in [1.165, 1.54) is 17.8 Å². The molecule has 0 bridgehead atoms. The number of fused-ring (bicyclic) bond motifs is 1. The van der Waals surface area contributed by atoms with Crippen molar-refractivity contribution in [2.75, 3.05) is 0 Å². The summed E-state index contributed by atoms with van der Waals surface area (Å²) in [7, 11) is 0. The van der Waals surface area contributed by atoms with E-state index in [-0.39, 0.29) is 5.57 Å². The fourth-order valence-electron chi connectivity index (χ4n) is 3.91. The zero-order valence-electron chi connectivity index (χ0n) is 18.2. The number of amides is 4. The molecule has 1 fully saturated rings. The van der Waals surface area contributed by atoms with Crippen molar-refractivity contribution in [3.05, 3.63) is 102 Å². The van der Waals surface area contributed by atoms with Crippen LogP contribution in [0, 0.1) is 0 Å². The second kappa shape index (κ2) is 9.03. The Bertz CT molecular complexity index is 1440. The number of nitrogens with zero attached hydrogens (tertiary/aromatic N) is 1. The number of furan rings is 1. The van der Waals surface area contributed by atoms with Crippen LogP contribution in [0.3, 0.4) is 0 Å². The standard InChI is InChI=1S/C27H20N2O4S/c1-17(18-8-3-2-4-9-18)29-26(31)22(25(30)28-27(29)32)16-20-14-15-24(33-20)34-23-13-7-11-19-10-5-6-12-21(19)23/h2-17H,1H3,(H,28,30,32)/b22-16-. The molecule has 1 atom stereocenters. The van der Waals surface area contributed by atoms with E-state index in [0.29, 0.717) is 10.9 Å². The molecule has 3 aromatic carbocycles. The van der Waals surface area contributed by atoms with E-state index >= 15 is 0 Å². The minimum Gasteiger partial charge on any atom is -0.450 e. The van der Waals surface area contributed by atoms with Crippen molar-refractivity contribution in [1.82, 2.24) is 10.2 Å². The Morgan fingerprint density at radius 2 is 1.62 bits per heavy atom. The van der Waals surface area contributed by atoms with Crippen LogP contribution in [0.25, 0.3) is 16.8 Å². The molecule has 168 valence electrons. The summed E-state index contributed by atoms with van der Waals surface area (Å²) in [5.74, 6) is -1.06. The lowest BCUT2D eigenvalue weighted by molar-refractivity contribution is -0.131. The van der Waals surface area contributed by atoms with Gasteiger partial charge in [0.05, 0.1) is 6.04 Å². The molecular formula is C27H20N2O4S. The Kier molecular flexibility index (Phi) is 5.77. The second-order valence-electron chi connectivity index (χ2n) is 7.82. The van der Waals surface area contributed by atoms with Gasteiger partial charge in [-0.25, -0.2) is 4.79 Å². The first kappa shape index (κ1) is 21.7. The fraction of sp³-hybridized carbons (Fsp3) is 0.0741. The number of rotatable bonds is 5. The molecule has 1 N–H and O–H groups in total. The third kappa shape index (κ3) is 4.13. The van der Waals surface area contributed by atoms with Crippen molar-refractivity contribution in [2.24, 2.45) is 0 Å². The number of carbonyl (C=O) groups excluding carboxylic acids is 3. The number of barbiturate groups is 1. The van der Waals surface area contributed by atoms with Crippen molar-refractivity contribution in [1.29, 1.82) is 0 Å². The largest absolute Gasteiger partial charge is 0.450 e. The highest BCUT2D eigenvalue weighted by molar-refractivity contribution is 7.99. The molecule has 4 amide bonds.